The summed E-state index contributed by atoms with van der Waals surface area (Å²) in [4.78, 5) is 30.3. The van der Waals surface area contributed by atoms with E-state index < -0.39 is 0 Å². The summed E-state index contributed by atoms with van der Waals surface area (Å²) in [7, 11) is 3.29. The van der Waals surface area contributed by atoms with Gasteiger partial charge in [-0.2, -0.15) is 0 Å². The molecule has 0 bridgehead atoms. The van der Waals surface area contributed by atoms with Crippen LogP contribution in [0.25, 0.3) is 0 Å². The van der Waals surface area contributed by atoms with E-state index >= 15 is 0 Å². The van der Waals surface area contributed by atoms with Crippen LogP contribution in [0.3, 0.4) is 0 Å². The number of carbonyl (C=O) groups excluding carboxylic acids is 2. The van der Waals surface area contributed by atoms with Crippen LogP contribution < -0.4 is 4.74 Å². The van der Waals surface area contributed by atoms with E-state index in [0.29, 0.717) is 39.3 Å². The van der Waals surface area contributed by atoms with E-state index in [9.17, 15) is 9.59 Å². The molecule has 0 aliphatic heterocycles. The lowest BCUT2D eigenvalue weighted by molar-refractivity contribution is -0.145. The molecule has 2 amide bonds. The highest BCUT2D eigenvalue weighted by atomic mass is 16.5. The van der Waals surface area contributed by atoms with E-state index in [-0.39, 0.29) is 31.0 Å². The average Bonchev–Trinajstić information content (AvgIpc) is 3.41. The predicted octanol–water partition coefficient (Wildman–Crippen LogP) is 4.75. The van der Waals surface area contributed by atoms with E-state index in [1.54, 1.807) is 19.1 Å². The van der Waals surface area contributed by atoms with Crippen molar-refractivity contribution >= 4 is 11.8 Å². The number of ether oxygens (including phenoxy) is 3. The van der Waals surface area contributed by atoms with Gasteiger partial charge in [-0.05, 0) is 55.2 Å². The second-order valence-electron chi connectivity index (χ2n) is 9.90. The van der Waals surface area contributed by atoms with Crippen molar-refractivity contribution in [3.63, 3.8) is 0 Å². The van der Waals surface area contributed by atoms with Gasteiger partial charge in [0.05, 0.1) is 26.8 Å². The van der Waals surface area contributed by atoms with Gasteiger partial charge in [0.2, 0.25) is 11.8 Å². The molecule has 0 aliphatic rings. The summed E-state index contributed by atoms with van der Waals surface area (Å²) < 4.78 is 18.4. The normalized spacial score (nSPS) is 11.7. The van der Waals surface area contributed by atoms with Crippen molar-refractivity contribution < 1.29 is 23.8 Å². The zero-order valence-electron chi connectivity index (χ0n) is 24.3. The van der Waals surface area contributed by atoms with Crippen LogP contribution in [0.4, 0.5) is 0 Å². The van der Waals surface area contributed by atoms with Crippen molar-refractivity contribution in [3.8, 4) is 5.75 Å². The molecule has 3 aromatic rings. The van der Waals surface area contributed by atoms with Crippen LogP contribution in [-0.2, 0) is 38.8 Å². The van der Waals surface area contributed by atoms with Gasteiger partial charge in [-0.25, -0.2) is 0 Å². The van der Waals surface area contributed by atoms with E-state index in [4.69, 9.17) is 14.2 Å². The van der Waals surface area contributed by atoms with Crippen molar-refractivity contribution in [2.45, 2.75) is 52.4 Å². The van der Waals surface area contributed by atoms with Gasteiger partial charge in [0.1, 0.15) is 12.4 Å². The minimum absolute atomic E-state index is 0.00181. The SMILES string of the molecule is CC[C@@H](C)N(Cc1cccn1Cc1cccc(OC)c1)C(=O)CN(CCCOC)C(=O)COCc1ccccc1. The zero-order chi connectivity index (χ0) is 28.7. The Kier molecular flexibility index (Phi) is 12.7. The second kappa shape index (κ2) is 16.5. The topological polar surface area (TPSA) is 73.2 Å². The minimum atomic E-state index is -0.203. The molecule has 0 radical (unpaired) electrons. The quantitative estimate of drug-likeness (QED) is 0.227. The summed E-state index contributed by atoms with van der Waals surface area (Å²) in [6, 6.07) is 21.8. The third-order valence-corrected chi connectivity index (χ3v) is 6.98. The summed E-state index contributed by atoms with van der Waals surface area (Å²) in [5.41, 5.74) is 3.14. The molecule has 8 heteroatoms. The third-order valence-electron chi connectivity index (χ3n) is 6.98. The van der Waals surface area contributed by atoms with Gasteiger partial charge in [-0.1, -0.05) is 49.4 Å². The van der Waals surface area contributed by atoms with E-state index in [2.05, 4.69) is 17.6 Å². The predicted molar refractivity (Wildman–Crippen MR) is 156 cm³/mol. The summed E-state index contributed by atoms with van der Waals surface area (Å²) in [6.45, 7) is 6.43. The summed E-state index contributed by atoms with van der Waals surface area (Å²) >= 11 is 0. The Bertz CT molecular complexity index is 1180. The summed E-state index contributed by atoms with van der Waals surface area (Å²) in [5, 5.41) is 0. The number of hydrogen-bond acceptors (Lipinski definition) is 5. The number of methoxy groups -OCH3 is 2. The number of hydrogen-bond donors (Lipinski definition) is 0. The first kappa shape index (κ1) is 30.9. The van der Waals surface area contributed by atoms with Gasteiger partial charge >= 0.3 is 0 Å². The highest BCUT2D eigenvalue weighted by Crippen LogP contribution is 2.18. The van der Waals surface area contributed by atoms with Crippen molar-refractivity contribution in [2.24, 2.45) is 0 Å². The fourth-order valence-corrected chi connectivity index (χ4v) is 4.47. The van der Waals surface area contributed by atoms with Gasteiger partial charge in [0, 0.05) is 44.7 Å². The van der Waals surface area contributed by atoms with Crippen LogP contribution >= 0.6 is 0 Å². The summed E-state index contributed by atoms with van der Waals surface area (Å²) in [5.74, 6) is 0.525. The fraction of sp³-hybridized carbons (Fsp3) is 0.438. The Hall–Kier alpha value is -3.62. The highest BCUT2D eigenvalue weighted by Gasteiger charge is 2.25. The number of nitrogens with zero attached hydrogens (tertiary/aromatic N) is 3. The van der Waals surface area contributed by atoms with E-state index in [1.807, 2.05) is 78.7 Å². The number of aromatic nitrogens is 1. The van der Waals surface area contributed by atoms with Gasteiger partial charge in [-0.3, -0.25) is 9.59 Å². The first-order valence-corrected chi connectivity index (χ1v) is 13.9. The monoisotopic (exact) mass is 549 g/mol. The Balaban J connectivity index is 1.68. The third kappa shape index (κ3) is 9.54. The number of carbonyl (C=O) groups is 2. The molecule has 40 heavy (non-hydrogen) atoms. The van der Waals surface area contributed by atoms with E-state index in [0.717, 1.165) is 29.0 Å². The molecule has 0 N–H and O–H groups in total. The van der Waals surface area contributed by atoms with Gasteiger partial charge in [0.15, 0.2) is 0 Å². The molecule has 1 aromatic heterocycles. The number of benzene rings is 2. The number of rotatable bonds is 17. The number of amides is 2. The Morgan fingerprint density at radius 3 is 2.45 bits per heavy atom. The van der Waals surface area contributed by atoms with Gasteiger partial charge in [-0.15, -0.1) is 0 Å². The largest absolute Gasteiger partial charge is 0.497 e. The molecule has 0 spiro atoms. The zero-order valence-corrected chi connectivity index (χ0v) is 24.3. The van der Waals surface area contributed by atoms with Crippen LogP contribution in [0.1, 0.15) is 43.5 Å². The van der Waals surface area contributed by atoms with Crippen LogP contribution in [0, 0.1) is 0 Å². The standard InChI is InChI=1S/C32H43N3O5/c1-5-26(2)35(22-29-15-10-17-33(29)21-28-14-9-16-30(20-28)39-4)31(36)23-34(18-11-19-38-3)32(37)25-40-24-27-12-7-6-8-13-27/h6-10,12-17,20,26H,5,11,18-19,21-25H2,1-4H3/t26-/m1/s1. The second-order valence-corrected chi connectivity index (χ2v) is 9.90. The molecule has 1 atom stereocenters. The Morgan fingerprint density at radius 1 is 0.950 bits per heavy atom. The van der Waals surface area contributed by atoms with E-state index in [1.165, 1.54) is 0 Å². The maximum absolute atomic E-state index is 13.7. The molecule has 0 unspecified atom stereocenters. The van der Waals surface area contributed by atoms with Crippen molar-refractivity contribution in [1.82, 2.24) is 14.4 Å². The molecule has 0 aliphatic carbocycles. The van der Waals surface area contributed by atoms with Crippen LogP contribution in [0.5, 0.6) is 5.75 Å². The summed E-state index contributed by atoms with van der Waals surface area (Å²) in [6.07, 6.45) is 3.47. The molecule has 0 saturated carbocycles. The molecule has 0 saturated heterocycles. The lowest BCUT2D eigenvalue weighted by Crippen LogP contribution is -2.47. The van der Waals surface area contributed by atoms with Crippen LogP contribution in [-0.4, -0.2) is 72.7 Å². The molecular weight excluding hydrogens is 506 g/mol. The molecule has 1 heterocycles. The molecule has 3 rings (SSSR count). The van der Waals surface area contributed by atoms with Gasteiger partial charge < -0.3 is 28.6 Å². The molecular formula is C32H43N3O5. The molecule has 216 valence electrons. The van der Waals surface area contributed by atoms with Gasteiger partial charge in [0.25, 0.3) is 0 Å². The van der Waals surface area contributed by atoms with Crippen molar-refractivity contribution in [1.29, 1.82) is 0 Å². The fourth-order valence-electron chi connectivity index (χ4n) is 4.47. The first-order valence-electron chi connectivity index (χ1n) is 13.9. The Labute approximate surface area is 238 Å². The smallest absolute Gasteiger partial charge is 0.249 e. The average molecular weight is 550 g/mol. The maximum Gasteiger partial charge on any atom is 0.249 e. The lowest BCUT2D eigenvalue weighted by atomic mass is 10.2. The molecule has 2 aromatic carbocycles. The molecule has 8 nitrogen and oxygen atoms in total. The lowest BCUT2D eigenvalue weighted by Gasteiger charge is -2.32. The van der Waals surface area contributed by atoms with Crippen LogP contribution in [0.2, 0.25) is 0 Å². The van der Waals surface area contributed by atoms with Crippen molar-refractivity contribution in [3.05, 3.63) is 89.7 Å². The maximum atomic E-state index is 13.7. The molecule has 0 fully saturated rings. The highest BCUT2D eigenvalue weighted by molar-refractivity contribution is 5.85. The Morgan fingerprint density at radius 2 is 1.73 bits per heavy atom. The minimum Gasteiger partial charge on any atom is -0.497 e. The van der Waals surface area contributed by atoms with Crippen LogP contribution in [0.15, 0.2) is 72.9 Å². The van der Waals surface area contributed by atoms with Crippen molar-refractivity contribution in [2.75, 3.05) is 40.5 Å². The first-order chi connectivity index (χ1) is 19.4.